The van der Waals surface area contributed by atoms with Gasteiger partial charge in [-0.15, -0.1) is 0 Å². The highest BCUT2D eigenvalue weighted by molar-refractivity contribution is 6.00. The van der Waals surface area contributed by atoms with E-state index < -0.39 is 0 Å². The van der Waals surface area contributed by atoms with Crippen molar-refractivity contribution in [2.24, 2.45) is 5.92 Å². The fraction of sp³-hybridized carbons (Fsp3) is 0.421. The molecule has 130 valence electrons. The average Bonchev–Trinajstić information content (AvgIpc) is 3.17. The van der Waals surface area contributed by atoms with E-state index >= 15 is 0 Å². The second-order valence-corrected chi connectivity index (χ2v) is 6.94. The minimum Gasteiger partial charge on any atom is -0.351 e. The van der Waals surface area contributed by atoms with Crippen LogP contribution in [0.3, 0.4) is 0 Å². The summed E-state index contributed by atoms with van der Waals surface area (Å²) in [4.78, 5) is 31.1. The maximum absolute atomic E-state index is 12.6. The van der Waals surface area contributed by atoms with Crippen LogP contribution in [0.5, 0.6) is 0 Å². The molecule has 3 heterocycles. The Morgan fingerprint density at radius 1 is 1.24 bits per heavy atom. The third-order valence-corrected chi connectivity index (χ3v) is 5.02. The van der Waals surface area contributed by atoms with Gasteiger partial charge in [0.15, 0.2) is 0 Å². The fourth-order valence-electron chi connectivity index (χ4n) is 3.76. The van der Waals surface area contributed by atoms with Gasteiger partial charge in [0.2, 0.25) is 11.8 Å². The van der Waals surface area contributed by atoms with E-state index in [0.29, 0.717) is 6.54 Å². The maximum atomic E-state index is 12.6. The van der Waals surface area contributed by atoms with Gasteiger partial charge >= 0.3 is 0 Å². The zero-order valence-electron chi connectivity index (χ0n) is 14.3. The normalized spacial score (nSPS) is 22.8. The second kappa shape index (κ2) is 6.35. The Hall–Kier alpha value is -2.63. The number of aromatic nitrogens is 2. The van der Waals surface area contributed by atoms with E-state index in [4.69, 9.17) is 0 Å². The van der Waals surface area contributed by atoms with Gasteiger partial charge in [-0.3, -0.25) is 9.59 Å². The van der Waals surface area contributed by atoms with Crippen LogP contribution in [-0.4, -0.2) is 34.0 Å². The molecule has 4 rings (SSSR count). The zero-order chi connectivity index (χ0) is 17.4. The lowest BCUT2D eigenvalue weighted by Crippen LogP contribution is -2.44. The highest BCUT2D eigenvalue weighted by Crippen LogP contribution is 2.25. The quantitative estimate of drug-likeness (QED) is 0.926. The van der Waals surface area contributed by atoms with Crippen LogP contribution in [0.15, 0.2) is 36.5 Å². The SMILES string of the molecule is Cc1cn2c(n1)CC[C@H](NC(=O)[C@H]1CC(=O)N(c3ccccc3)C1)C2. The summed E-state index contributed by atoms with van der Waals surface area (Å²) < 4.78 is 2.12. The molecule has 2 aliphatic heterocycles. The Morgan fingerprint density at radius 2 is 2.04 bits per heavy atom. The molecule has 2 atom stereocenters. The van der Waals surface area contributed by atoms with Crippen molar-refractivity contribution in [1.82, 2.24) is 14.9 Å². The van der Waals surface area contributed by atoms with Crippen LogP contribution in [0.2, 0.25) is 0 Å². The largest absolute Gasteiger partial charge is 0.351 e. The van der Waals surface area contributed by atoms with E-state index in [2.05, 4.69) is 14.9 Å². The van der Waals surface area contributed by atoms with E-state index in [1.54, 1.807) is 4.90 Å². The minimum absolute atomic E-state index is 0.0162. The highest BCUT2D eigenvalue weighted by Gasteiger charge is 2.36. The van der Waals surface area contributed by atoms with Crippen molar-refractivity contribution < 1.29 is 9.59 Å². The first-order chi connectivity index (χ1) is 12.1. The predicted octanol–water partition coefficient (Wildman–Crippen LogP) is 1.68. The van der Waals surface area contributed by atoms with E-state index in [0.717, 1.165) is 36.6 Å². The maximum Gasteiger partial charge on any atom is 0.227 e. The Labute approximate surface area is 146 Å². The molecule has 1 fully saturated rings. The van der Waals surface area contributed by atoms with Gasteiger partial charge in [0.1, 0.15) is 5.82 Å². The number of benzene rings is 1. The Bertz CT molecular complexity index is 799. The van der Waals surface area contributed by atoms with E-state index in [1.807, 2.05) is 43.5 Å². The summed E-state index contributed by atoms with van der Waals surface area (Å²) in [5, 5.41) is 3.14. The minimum atomic E-state index is -0.279. The standard InChI is InChI=1S/C19H22N4O2/c1-13-10-22-12-15(7-8-17(22)20-13)21-19(25)14-9-18(24)23(11-14)16-5-3-2-4-6-16/h2-6,10,14-15H,7-9,11-12H2,1H3,(H,21,25)/t14-,15-/m0/s1. The molecule has 1 aromatic carbocycles. The number of aryl methyl sites for hydroxylation is 2. The van der Waals surface area contributed by atoms with E-state index in [-0.39, 0.29) is 30.2 Å². The molecule has 0 saturated carbocycles. The van der Waals surface area contributed by atoms with Gasteiger partial charge in [0.05, 0.1) is 11.6 Å². The Kier molecular flexibility index (Phi) is 4.03. The summed E-state index contributed by atoms with van der Waals surface area (Å²) in [6.07, 6.45) is 4.08. The third-order valence-electron chi connectivity index (χ3n) is 5.02. The number of nitrogens with one attached hydrogen (secondary N) is 1. The van der Waals surface area contributed by atoms with Gasteiger partial charge in [0.25, 0.3) is 0 Å². The predicted molar refractivity (Wildman–Crippen MR) is 94.1 cm³/mol. The smallest absolute Gasteiger partial charge is 0.227 e. The molecular formula is C19H22N4O2. The summed E-state index contributed by atoms with van der Waals surface area (Å²) in [6.45, 7) is 3.20. The number of carbonyl (C=O) groups is 2. The number of fused-ring (bicyclic) bond motifs is 1. The molecule has 1 N–H and O–H groups in total. The molecular weight excluding hydrogens is 316 g/mol. The first-order valence-corrected chi connectivity index (χ1v) is 8.78. The fourth-order valence-corrected chi connectivity index (χ4v) is 3.76. The van der Waals surface area contributed by atoms with Crippen molar-refractivity contribution in [3.05, 3.63) is 48.0 Å². The van der Waals surface area contributed by atoms with Gasteiger partial charge in [-0.1, -0.05) is 18.2 Å². The van der Waals surface area contributed by atoms with Crippen LogP contribution < -0.4 is 10.2 Å². The number of imidazole rings is 1. The summed E-state index contributed by atoms with van der Waals surface area (Å²) in [6, 6.07) is 9.65. The van der Waals surface area contributed by atoms with Crippen molar-refractivity contribution in [1.29, 1.82) is 0 Å². The van der Waals surface area contributed by atoms with Crippen LogP contribution in [0, 0.1) is 12.8 Å². The van der Waals surface area contributed by atoms with Crippen LogP contribution in [0.4, 0.5) is 5.69 Å². The number of amides is 2. The highest BCUT2D eigenvalue weighted by atomic mass is 16.2. The summed E-state index contributed by atoms with van der Waals surface area (Å²) >= 11 is 0. The number of hydrogen-bond donors (Lipinski definition) is 1. The number of nitrogens with zero attached hydrogens (tertiary/aromatic N) is 3. The Balaban J connectivity index is 1.38. The second-order valence-electron chi connectivity index (χ2n) is 6.94. The van der Waals surface area contributed by atoms with Gasteiger partial charge in [-0.2, -0.15) is 0 Å². The lowest BCUT2D eigenvalue weighted by atomic mass is 10.0. The summed E-state index contributed by atoms with van der Waals surface area (Å²) in [7, 11) is 0. The molecule has 1 aromatic heterocycles. The number of hydrogen-bond acceptors (Lipinski definition) is 3. The Morgan fingerprint density at radius 3 is 2.84 bits per heavy atom. The van der Waals surface area contributed by atoms with Gasteiger partial charge < -0.3 is 14.8 Å². The third kappa shape index (κ3) is 3.16. The topological polar surface area (TPSA) is 67.2 Å². The summed E-state index contributed by atoms with van der Waals surface area (Å²) in [5.41, 5.74) is 1.88. The molecule has 6 heteroatoms. The lowest BCUT2D eigenvalue weighted by Gasteiger charge is -2.26. The number of rotatable bonds is 3. The van der Waals surface area contributed by atoms with E-state index in [9.17, 15) is 9.59 Å². The van der Waals surface area contributed by atoms with E-state index in [1.165, 1.54) is 0 Å². The molecule has 0 unspecified atom stereocenters. The van der Waals surface area contributed by atoms with Crippen LogP contribution in [0.1, 0.15) is 24.4 Å². The van der Waals surface area contributed by atoms with Gasteiger partial charge in [0, 0.05) is 43.9 Å². The van der Waals surface area contributed by atoms with Crippen molar-refractivity contribution in [2.45, 2.75) is 38.8 Å². The molecule has 0 bridgehead atoms. The van der Waals surface area contributed by atoms with Crippen molar-refractivity contribution >= 4 is 17.5 Å². The molecule has 2 aromatic rings. The lowest BCUT2D eigenvalue weighted by molar-refractivity contribution is -0.127. The first-order valence-electron chi connectivity index (χ1n) is 8.78. The molecule has 1 saturated heterocycles. The van der Waals surface area contributed by atoms with Gasteiger partial charge in [-0.25, -0.2) is 4.98 Å². The van der Waals surface area contributed by atoms with Crippen molar-refractivity contribution in [2.75, 3.05) is 11.4 Å². The first kappa shape index (κ1) is 15.9. The van der Waals surface area contributed by atoms with Crippen LogP contribution >= 0.6 is 0 Å². The van der Waals surface area contributed by atoms with Crippen molar-refractivity contribution in [3.63, 3.8) is 0 Å². The van der Waals surface area contributed by atoms with Crippen LogP contribution in [-0.2, 0) is 22.6 Å². The summed E-state index contributed by atoms with van der Waals surface area (Å²) in [5.74, 6) is 0.813. The molecule has 0 aliphatic carbocycles. The van der Waals surface area contributed by atoms with Crippen molar-refractivity contribution in [3.8, 4) is 0 Å². The molecule has 0 spiro atoms. The molecule has 2 aliphatic rings. The number of carbonyl (C=O) groups excluding carboxylic acids is 2. The van der Waals surface area contributed by atoms with Crippen LogP contribution in [0.25, 0.3) is 0 Å². The monoisotopic (exact) mass is 338 g/mol. The molecule has 2 amide bonds. The number of para-hydroxylation sites is 1. The number of anilines is 1. The molecule has 6 nitrogen and oxygen atoms in total. The molecule has 0 radical (unpaired) electrons. The zero-order valence-corrected chi connectivity index (χ0v) is 14.3. The van der Waals surface area contributed by atoms with Gasteiger partial charge in [-0.05, 0) is 25.5 Å². The molecule has 25 heavy (non-hydrogen) atoms. The average molecular weight is 338 g/mol.